The van der Waals surface area contributed by atoms with Crippen molar-refractivity contribution in [1.29, 1.82) is 0 Å². The summed E-state index contributed by atoms with van der Waals surface area (Å²) in [5.74, 6) is 5.11. The Kier molecular flexibility index (Phi) is 2.26. The SMILES string of the molecule is Cn1ncc(Cl)c1CNN. The van der Waals surface area contributed by atoms with E-state index < -0.39 is 0 Å². The minimum absolute atomic E-state index is 0.537. The Bertz CT molecular complexity index is 200. The van der Waals surface area contributed by atoms with E-state index in [4.69, 9.17) is 17.4 Å². The molecule has 0 amide bonds. The third kappa shape index (κ3) is 1.29. The first-order chi connectivity index (χ1) is 4.75. The Morgan fingerprint density at radius 3 is 3.00 bits per heavy atom. The summed E-state index contributed by atoms with van der Waals surface area (Å²) in [6.07, 6.45) is 1.59. The number of aromatic nitrogens is 2. The molecule has 0 aromatic carbocycles. The van der Waals surface area contributed by atoms with Crippen molar-refractivity contribution in [1.82, 2.24) is 15.2 Å². The van der Waals surface area contributed by atoms with Gasteiger partial charge in [-0.1, -0.05) is 11.6 Å². The summed E-state index contributed by atoms with van der Waals surface area (Å²) in [6.45, 7) is 0.537. The number of rotatable bonds is 2. The van der Waals surface area contributed by atoms with Crippen molar-refractivity contribution in [2.24, 2.45) is 12.9 Å². The Hall–Kier alpha value is -0.580. The molecule has 3 N–H and O–H groups in total. The van der Waals surface area contributed by atoms with E-state index in [2.05, 4.69) is 10.5 Å². The maximum absolute atomic E-state index is 5.74. The predicted octanol–water partition coefficient (Wildman–Crippen LogP) is 0.0368. The third-order valence-electron chi connectivity index (χ3n) is 1.28. The average Bonchev–Trinajstić information content (AvgIpc) is 2.20. The van der Waals surface area contributed by atoms with Gasteiger partial charge >= 0.3 is 0 Å². The van der Waals surface area contributed by atoms with Crippen LogP contribution in [0, 0.1) is 0 Å². The van der Waals surface area contributed by atoms with Gasteiger partial charge in [0.25, 0.3) is 0 Å². The van der Waals surface area contributed by atoms with Crippen LogP contribution in [-0.4, -0.2) is 9.78 Å². The van der Waals surface area contributed by atoms with Crippen LogP contribution in [-0.2, 0) is 13.6 Å². The summed E-state index contributed by atoms with van der Waals surface area (Å²) in [5.41, 5.74) is 3.40. The smallest absolute Gasteiger partial charge is 0.0831 e. The van der Waals surface area contributed by atoms with Gasteiger partial charge < -0.3 is 0 Å². The second kappa shape index (κ2) is 3.01. The van der Waals surface area contributed by atoms with E-state index in [9.17, 15) is 0 Å². The minimum atomic E-state index is 0.537. The summed E-state index contributed by atoms with van der Waals surface area (Å²) < 4.78 is 1.68. The molecule has 0 radical (unpaired) electrons. The number of hydrazine groups is 1. The van der Waals surface area contributed by atoms with Gasteiger partial charge in [-0.15, -0.1) is 0 Å². The van der Waals surface area contributed by atoms with Gasteiger partial charge in [0.15, 0.2) is 0 Å². The quantitative estimate of drug-likeness (QED) is 0.475. The van der Waals surface area contributed by atoms with Gasteiger partial charge in [0.05, 0.1) is 23.5 Å². The summed E-state index contributed by atoms with van der Waals surface area (Å²) >= 11 is 5.74. The number of halogens is 1. The van der Waals surface area contributed by atoms with E-state index >= 15 is 0 Å². The second-order valence-corrected chi connectivity index (χ2v) is 2.35. The molecule has 4 nitrogen and oxygen atoms in total. The second-order valence-electron chi connectivity index (χ2n) is 1.94. The third-order valence-corrected chi connectivity index (χ3v) is 1.60. The number of nitrogens with two attached hydrogens (primary N) is 1. The molecule has 0 aliphatic heterocycles. The van der Waals surface area contributed by atoms with Gasteiger partial charge in [0.2, 0.25) is 0 Å². The lowest BCUT2D eigenvalue weighted by atomic mass is 10.4. The first-order valence-corrected chi connectivity index (χ1v) is 3.23. The molecule has 1 rings (SSSR count). The molecule has 1 heterocycles. The molecule has 0 unspecified atom stereocenters. The molecule has 0 fully saturated rings. The van der Waals surface area contributed by atoms with Crippen LogP contribution < -0.4 is 11.3 Å². The van der Waals surface area contributed by atoms with E-state index in [0.29, 0.717) is 11.6 Å². The van der Waals surface area contributed by atoms with E-state index in [0.717, 1.165) is 5.69 Å². The highest BCUT2D eigenvalue weighted by atomic mass is 35.5. The average molecular weight is 161 g/mol. The highest BCUT2D eigenvalue weighted by Gasteiger charge is 2.03. The number of nitrogens with zero attached hydrogens (tertiary/aromatic N) is 2. The molecule has 0 spiro atoms. The molecule has 0 aliphatic carbocycles. The fourth-order valence-corrected chi connectivity index (χ4v) is 0.964. The van der Waals surface area contributed by atoms with Gasteiger partial charge in [0, 0.05) is 7.05 Å². The fourth-order valence-electron chi connectivity index (χ4n) is 0.732. The Morgan fingerprint density at radius 2 is 2.60 bits per heavy atom. The van der Waals surface area contributed by atoms with E-state index in [1.165, 1.54) is 0 Å². The van der Waals surface area contributed by atoms with Gasteiger partial charge in [-0.25, -0.2) is 0 Å². The number of aryl methyl sites for hydroxylation is 1. The number of hydrogen-bond acceptors (Lipinski definition) is 3. The van der Waals surface area contributed by atoms with Crippen LogP contribution in [0.2, 0.25) is 5.02 Å². The molecule has 0 saturated heterocycles. The number of hydrogen-bond donors (Lipinski definition) is 2. The lowest BCUT2D eigenvalue weighted by molar-refractivity contribution is 0.647. The van der Waals surface area contributed by atoms with Crippen molar-refractivity contribution in [3.05, 3.63) is 16.9 Å². The summed E-state index contributed by atoms with van der Waals surface area (Å²) in [7, 11) is 1.82. The normalized spacial score (nSPS) is 10.3. The zero-order chi connectivity index (χ0) is 7.56. The van der Waals surface area contributed by atoms with E-state index in [1.807, 2.05) is 7.05 Å². The summed E-state index contributed by atoms with van der Waals surface area (Å²) in [5, 5.41) is 4.56. The summed E-state index contributed by atoms with van der Waals surface area (Å²) in [6, 6.07) is 0. The van der Waals surface area contributed by atoms with Crippen LogP contribution >= 0.6 is 11.6 Å². The first-order valence-electron chi connectivity index (χ1n) is 2.85. The van der Waals surface area contributed by atoms with Crippen molar-refractivity contribution >= 4 is 11.6 Å². The van der Waals surface area contributed by atoms with Crippen molar-refractivity contribution in [3.63, 3.8) is 0 Å². The van der Waals surface area contributed by atoms with E-state index in [-0.39, 0.29) is 0 Å². The minimum Gasteiger partial charge on any atom is -0.271 e. The first kappa shape index (κ1) is 7.53. The maximum atomic E-state index is 5.74. The lowest BCUT2D eigenvalue weighted by Crippen LogP contribution is -2.22. The Balaban J connectivity index is 2.87. The molecule has 56 valence electrons. The predicted molar refractivity (Wildman–Crippen MR) is 39.2 cm³/mol. The van der Waals surface area contributed by atoms with Crippen LogP contribution in [0.4, 0.5) is 0 Å². The topological polar surface area (TPSA) is 55.9 Å². The molecule has 1 aromatic heterocycles. The molecule has 10 heavy (non-hydrogen) atoms. The highest BCUT2D eigenvalue weighted by molar-refractivity contribution is 6.31. The Labute approximate surface area is 63.9 Å². The van der Waals surface area contributed by atoms with Gasteiger partial charge in [-0.3, -0.25) is 16.0 Å². The molecule has 0 atom stereocenters. The fraction of sp³-hybridized carbons (Fsp3) is 0.400. The van der Waals surface area contributed by atoms with Crippen molar-refractivity contribution in [3.8, 4) is 0 Å². The Morgan fingerprint density at radius 1 is 1.90 bits per heavy atom. The van der Waals surface area contributed by atoms with E-state index in [1.54, 1.807) is 10.9 Å². The van der Waals surface area contributed by atoms with Crippen molar-refractivity contribution in [2.75, 3.05) is 0 Å². The van der Waals surface area contributed by atoms with Gasteiger partial charge in [-0.05, 0) is 0 Å². The highest BCUT2D eigenvalue weighted by Crippen LogP contribution is 2.12. The number of nitrogens with one attached hydrogen (secondary N) is 1. The van der Waals surface area contributed by atoms with Gasteiger partial charge in [-0.2, -0.15) is 5.10 Å². The van der Waals surface area contributed by atoms with Crippen LogP contribution in [0.25, 0.3) is 0 Å². The van der Waals surface area contributed by atoms with Crippen molar-refractivity contribution < 1.29 is 0 Å². The zero-order valence-electron chi connectivity index (χ0n) is 5.63. The van der Waals surface area contributed by atoms with Gasteiger partial charge in [0.1, 0.15) is 0 Å². The maximum Gasteiger partial charge on any atom is 0.0831 e. The molecule has 5 heteroatoms. The molecular formula is C5H9ClN4. The van der Waals surface area contributed by atoms with Crippen LogP contribution in [0.5, 0.6) is 0 Å². The standard InChI is InChI=1S/C5H9ClN4/c1-10-5(3-8-7)4(6)2-9-10/h2,8H,3,7H2,1H3. The largest absolute Gasteiger partial charge is 0.271 e. The molecular weight excluding hydrogens is 152 g/mol. The van der Waals surface area contributed by atoms with Crippen molar-refractivity contribution in [2.45, 2.75) is 6.54 Å². The van der Waals surface area contributed by atoms with Crippen LogP contribution in [0.1, 0.15) is 5.69 Å². The van der Waals surface area contributed by atoms with Crippen LogP contribution in [0.3, 0.4) is 0 Å². The monoisotopic (exact) mass is 160 g/mol. The lowest BCUT2D eigenvalue weighted by Gasteiger charge is -1.99. The molecule has 0 bridgehead atoms. The van der Waals surface area contributed by atoms with Crippen LogP contribution in [0.15, 0.2) is 6.20 Å². The molecule has 0 saturated carbocycles. The zero-order valence-corrected chi connectivity index (χ0v) is 6.39. The summed E-state index contributed by atoms with van der Waals surface area (Å²) in [4.78, 5) is 0. The molecule has 0 aliphatic rings. The molecule has 1 aromatic rings.